The van der Waals surface area contributed by atoms with Crippen molar-refractivity contribution >= 4 is 74.6 Å². The van der Waals surface area contributed by atoms with Gasteiger partial charge in [-0.1, -0.05) is 176 Å². The number of benzene rings is 10. The van der Waals surface area contributed by atoms with Crippen LogP contribution < -0.4 is 0 Å². The zero-order valence-corrected chi connectivity index (χ0v) is 29.7. The molecule has 0 unspecified atom stereocenters. The maximum Gasteiger partial charge on any atom is 0.0433 e. The Labute approximate surface area is 311 Å². The van der Waals surface area contributed by atoms with Gasteiger partial charge < -0.3 is 0 Å². The van der Waals surface area contributed by atoms with E-state index in [2.05, 4.69) is 194 Å². The topological polar surface area (TPSA) is 0 Å². The second-order valence-corrected chi connectivity index (χ2v) is 15.0. The first-order valence-electron chi connectivity index (χ1n) is 18.3. The van der Waals surface area contributed by atoms with Crippen molar-refractivity contribution in [3.8, 4) is 44.5 Å². The van der Waals surface area contributed by atoms with Crippen LogP contribution in [0.4, 0.5) is 0 Å². The van der Waals surface area contributed by atoms with Gasteiger partial charge in [-0.05, 0) is 106 Å². The summed E-state index contributed by atoms with van der Waals surface area (Å²) in [6.45, 7) is 0. The van der Waals surface area contributed by atoms with Gasteiger partial charge in [0.25, 0.3) is 0 Å². The Morgan fingerprint density at radius 3 is 1.60 bits per heavy atom. The van der Waals surface area contributed by atoms with E-state index in [9.17, 15) is 0 Å². The van der Waals surface area contributed by atoms with Gasteiger partial charge in [-0.3, -0.25) is 0 Å². The van der Waals surface area contributed by atoms with Gasteiger partial charge in [0, 0.05) is 20.2 Å². The third kappa shape index (κ3) is 4.75. The summed E-state index contributed by atoms with van der Waals surface area (Å²) in [7, 11) is 0. The first kappa shape index (κ1) is 30.1. The SMILES string of the molecule is c1ccc(-c2c3ccccc3c(-c3ccc4c(c3)sc3c(-c5ccccc5)cccc34)c3ccc(-c4cc5ccccc5c5ccccc45)cc23)cc1. The molecule has 11 rings (SSSR count). The first-order valence-corrected chi connectivity index (χ1v) is 19.1. The minimum atomic E-state index is 1.23. The molecule has 0 radical (unpaired) electrons. The van der Waals surface area contributed by atoms with Crippen LogP contribution in [0, 0.1) is 0 Å². The molecule has 0 aliphatic heterocycles. The van der Waals surface area contributed by atoms with Gasteiger partial charge in [-0.15, -0.1) is 11.3 Å². The quantitative estimate of drug-likeness (QED) is 0.128. The van der Waals surface area contributed by atoms with Crippen LogP contribution in [0.3, 0.4) is 0 Å². The van der Waals surface area contributed by atoms with E-state index in [1.807, 2.05) is 11.3 Å². The van der Waals surface area contributed by atoms with Gasteiger partial charge in [-0.2, -0.15) is 0 Å². The Kier molecular flexibility index (Phi) is 6.83. The smallest absolute Gasteiger partial charge is 0.0433 e. The van der Waals surface area contributed by atoms with Crippen LogP contribution in [0.1, 0.15) is 0 Å². The van der Waals surface area contributed by atoms with Gasteiger partial charge in [0.2, 0.25) is 0 Å². The summed E-state index contributed by atoms with van der Waals surface area (Å²) in [6.07, 6.45) is 0. The molecule has 0 aliphatic rings. The lowest BCUT2D eigenvalue weighted by molar-refractivity contribution is 1.66. The summed E-state index contributed by atoms with van der Waals surface area (Å²) in [5.74, 6) is 0. The molecule has 0 saturated heterocycles. The summed E-state index contributed by atoms with van der Waals surface area (Å²) in [5, 5.41) is 12.8. The van der Waals surface area contributed by atoms with Crippen LogP contribution in [0.15, 0.2) is 194 Å². The van der Waals surface area contributed by atoms with E-state index in [4.69, 9.17) is 0 Å². The van der Waals surface area contributed by atoms with E-state index < -0.39 is 0 Å². The third-order valence-corrected chi connectivity index (χ3v) is 12.2. The molecule has 246 valence electrons. The summed E-state index contributed by atoms with van der Waals surface area (Å²) >= 11 is 1.90. The minimum Gasteiger partial charge on any atom is -0.135 e. The zero-order chi connectivity index (χ0) is 34.9. The number of rotatable bonds is 4. The van der Waals surface area contributed by atoms with Crippen LogP contribution in [0.25, 0.3) is 108 Å². The molecule has 1 heteroatoms. The van der Waals surface area contributed by atoms with Gasteiger partial charge in [0.05, 0.1) is 0 Å². The molecule has 10 aromatic carbocycles. The van der Waals surface area contributed by atoms with Crippen molar-refractivity contribution in [2.75, 3.05) is 0 Å². The summed E-state index contributed by atoms with van der Waals surface area (Å²) < 4.78 is 2.65. The molecule has 0 nitrogen and oxygen atoms in total. The van der Waals surface area contributed by atoms with Gasteiger partial charge in [0.15, 0.2) is 0 Å². The molecule has 0 N–H and O–H groups in total. The largest absolute Gasteiger partial charge is 0.135 e. The normalized spacial score (nSPS) is 11.8. The number of fused-ring (bicyclic) bond motifs is 8. The highest BCUT2D eigenvalue weighted by molar-refractivity contribution is 7.26. The second kappa shape index (κ2) is 12.0. The maximum atomic E-state index is 2.45. The average molecular weight is 689 g/mol. The molecule has 0 atom stereocenters. The fourth-order valence-corrected chi connectivity index (χ4v) is 9.94. The first-order chi connectivity index (χ1) is 26.3. The highest BCUT2D eigenvalue weighted by Crippen LogP contribution is 2.48. The van der Waals surface area contributed by atoms with Crippen molar-refractivity contribution in [3.63, 3.8) is 0 Å². The van der Waals surface area contributed by atoms with Crippen LogP contribution in [0.5, 0.6) is 0 Å². The lowest BCUT2D eigenvalue weighted by atomic mass is 9.84. The van der Waals surface area contributed by atoms with Gasteiger partial charge >= 0.3 is 0 Å². The Balaban J connectivity index is 1.21. The summed E-state index contributed by atoms with van der Waals surface area (Å²) in [5.41, 5.74) is 10.1. The summed E-state index contributed by atoms with van der Waals surface area (Å²) in [4.78, 5) is 0. The van der Waals surface area contributed by atoms with Crippen molar-refractivity contribution in [2.45, 2.75) is 0 Å². The molecular formula is C52H32S. The zero-order valence-electron chi connectivity index (χ0n) is 28.9. The molecular weight excluding hydrogens is 657 g/mol. The number of hydrogen-bond donors (Lipinski definition) is 0. The average Bonchev–Trinajstić information content (AvgIpc) is 3.61. The molecule has 1 aromatic heterocycles. The highest BCUT2D eigenvalue weighted by atomic mass is 32.1. The van der Waals surface area contributed by atoms with E-state index in [1.165, 1.54) is 108 Å². The molecule has 53 heavy (non-hydrogen) atoms. The van der Waals surface area contributed by atoms with Crippen molar-refractivity contribution < 1.29 is 0 Å². The molecule has 0 saturated carbocycles. The molecule has 0 spiro atoms. The number of hydrogen-bond acceptors (Lipinski definition) is 1. The van der Waals surface area contributed by atoms with Crippen molar-refractivity contribution in [1.29, 1.82) is 0 Å². The predicted octanol–water partition coefficient (Wildman–Crippen LogP) is 15.3. The lowest BCUT2D eigenvalue weighted by Crippen LogP contribution is -1.92. The van der Waals surface area contributed by atoms with Crippen LogP contribution in [-0.2, 0) is 0 Å². The third-order valence-electron chi connectivity index (χ3n) is 11.0. The Bertz CT molecular complexity index is 3210. The Morgan fingerprint density at radius 2 is 0.830 bits per heavy atom. The maximum absolute atomic E-state index is 2.45. The van der Waals surface area contributed by atoms with Crippen molar-refractivity contribution in [2.24, 2.45) is 0 Å². The van der Waals surface area contributed by atoms with Gasteiger partial charge in [-0.25, -0.2) is 0 Å². The van der Waals surface area contributed by atoms with E-state index in [0.717, 1.165) is 0 Å². The standard InChI is InChI=1S/C52H32S/c1-3-14-33(15-4-1)39-24-13-25-46-42-28-27-37(32-49(42)53-52(39)46)51-44-23-12-11-22-43(44)50(34-16-5-2-6-17-34)48-31-36(26-29-45(48)51)47-30-35-18-7-8-19-38(35)40-20-9-10-21-41(40)47/h1-32H. The van der Waals surface area contributed by atoms with E-state index in [0.29, 0.717) is 0 Å². The molecule has 0 fully saturated rings. The van der Waals surface area contributed by atoms with E-state index in [-0.39, 0.29) is 0 Å². The fourth-order valence-electron chi connectivity index (χ4n) is 8.66. The predicted molar refractivity (Wildman–Crippen MR) is 231 cm³/mol. The fraction of sp³-hybridized carbons (Fsp3) is 0. The van der Waals surface area contributed by atoms with Gasteiger partial charge in [0.1, 0.15) is 0 Å². The highest BCUT2D eigenvalue weighted by Gasteiger charge is 2.19. The lowest BCUT2D eigenvalue weighted by Gasteiger charge is -2.19. The minimum absolute atomic E-state index is 1.23. The molecule has 11 aromatic rings. The summed E-state index contributed by atoms with van der Waals surface area (Å²) in [6, 6.07) is 71.7. The molecule has 0 amide bonds. The van der Waals surface area contributed by atoms with E-state index >= 15 is 0 Å². The van der Waals surface area contributed by atoms with E-state index in [1.54, 1.807) is 0 Å². The van der Waals surface area contributed by atoms with Crippen molar-refractivity contribution in [3.05, 3.63) is 194 Å². The van der Waals surface area contributed by atoms with Crippen LogP contribution >= 0.6 is 11.3 Å². The molecule has 0 aliphatic carbocycles. The van der Waals surface area contributed by atoms with Crippen LogP contribution in [-0.4, -0.2) is 0 Å². The molecule has 1 heterocycles. The monoisotopic (exact) mass is 688 g/mol. The Hall–Kier alpha value is -6.54. The van der Waals surface area contributed by atoms with Crippen molar-refractivity contribution in [1.82, 2.24) is 0 Å². The Morgan fingerprint density at radius 1 is 0.264 bits per heavy atom. The second-order valence-electron chi connectivity index (χ2n) is 14.0. The molecule has 0 bridgehead atoms. The number of thiophene rings is 1. The van der Waals surface area contributed by atoms with Crippen LogP contribution in [0.2, 0.25) is 0 Å².